The van der Waals surface area contributed by atoms with Crippen molar-refractivity contribution in [3.05, 3.63) is 35.9 Å². The Balaban J connectivity index is 1.41. The molecule has 2 aliphatic rings. The van der Waals surface area contributed by atoms with Gasteiger partial charge in [-0.1, -0.05) is 37.3 Å². The molecule has 6 nitrogen and oxygen atoms in total. The first-order valence-corrected chi connectivity index (χ1v) is 11.1. The van der Waals surface area contributed by atoms with Gasteiger partial charge in [0.2, 0.25) is 11.8 Å². The second kappa shape index (κ2) is 10.7. The number of hydrogen-bond acceptors (Lipinski definition) is 4. The standard InChI is InChI=1S/C23H36N4O2/c1-3-22(28)24-21-10-7-13-27(17-21)18(2)23(29)25-20-11-14-26(15-12-20)16-19-8-5-4-6-9-19/h4-6,8-9,18,20-21H,3,7,10-17H2,1-2H3,(H,24,28)(H,25,29). The molecular weight excluding hydrogens is 364 g/mol. The number of hydrogen-bond donors (Lipinski definition) is 2. The maximum atomic E-state index is 12.8. The number of carbonyl (C=O) groups is 2. The molecule has 2 aliphatic heterocycles. The van der Waals surface area contributed by atoms with Gasteiger partial charge in [-0.05, 0) is 44.7 Å². The first-order chi connectivity index (χ1) is 14.0. The maximum absolute atomic E-state index is 12.8. The van der Waals surface area contributed by atoms with Gasteiger partial charge < -0.3 is 10.6 Å². The van der Waals surface area contributed by atoms with E-state index in [1.165, 1.54) is 5.56 Å². The largest absolute Gasteiger partial charge is 0.352 e. The molecule has 160 valence electrons. The molecule has 1 aromatic carbocycles. The van der Waals surface area contributed by atoms with E-state index in [-0.39, 0.29) is 29.9 Å². The van der Waals surface area contributed by atoms with E-state index >= 15 is 0 Å². The lowest BCUT2D eigenvalue weighted by molar-refractivity contribution is -0.127. The fourth-order valence-corrected chi connectivity index (χ4v) is 4.37. The fraction of sp³-hybridized carbons (Fsp3) is 0.652. The zero-order valence-corrected chi connectivity index (χ0v) is 17.9. The minimum absolute atomic E-state index is 0.0937. The highest BCUT2D eigenvalue weighted by molar-refractivity contribution is 5.81. The number of likely N-dealkylation sites (tertiary alicyclic amines) is 2. The van der Waals surface area contributed by atoms with Gasteiger partial charge in [-0.2, -0.15) is 0 Å². The molecule has 2 N–H and O–H groups in total. The van der Waals surface area contributed by atoms with Crippen LogP contribution in [-0.2, 0) is 16.1 Å². The Kier molecular flexibility index (Phi) is 8.07. The van der Waals surface area contributed by atoms with E-state index in [2.05, 4.69) is 50.8 Å². The summed E-state index contributed by atoms with van der Waals surface area (Å²) in [6.45, 7) is 8.56. The SMILES string of the molecule is CCC(=O)NC1CCCN(C(C)C(=O)NC2CCN(Cc3ccccc3)CC2)C1. The molecule has 0 aliphatic carbocycles. The summed E-state index contributed by atoms with van der Waals surface area (Å²) in [5, 5.41) is 6.35. The predicted molar refractivity (Wildman–Crippen MR) is 115 cm³/mol. The van der Waals surface area contributed by atoms with E-state index in [1.54, 1.807) is 0 Å². The third kappa shape index (κ3) is 6.54. The highest BCUT2D eigenvalue weighted by Gasteiger charge is 2.29. The van der Waals surface area contributed by atoms with Crippen LogP contribution in [0.1, 0.15) is 51.5 Å². The molecule has 2 amide bonds. The first kappa shape index (κ1) is 21.8. The third-order valence-corrected chi connectivity index (χ3v) is 6.25. The quantitative estimate of drug-likeness (QED) is 0.736. The molecule has 1 aromatic rings. The molecule has 2 unspecified atom stereocenters. The molecule has 0 bridgehead atoms. The second-order valence-electron chi connectivity index (χ2n) is 8.48. The van der Waals surface area contributed by atoms with E-state index in [0.717, 1.165) is 58.4 Å². The van der Waals surface area contributed by atoms with E-state index in [9.17, 15) is 9.59 Å². The lowest BCUT2D eigenvalue weighted by Gasteiger charge is -2.38. The Bertz CT molecular complexity index is 658. The van der Waals surface area contributed by atoms with Crippen molar-refractivity contribution in [2.75, 3.05) is 26.2 Å². The van der Waals surface area contributed by atoms with Gasteiger partial charge in [0, 0.05) is 44.7 Å². The third-order valence-electron chi connectivity index (χ3n) is 6.25. The minimum Gasteiger partial charge on any atom is -0.352 e. The van der Waals surface area contributed by atoms with Gasteiger partial charge in [0.1, 0.15) is 0 Å². The Morgan fingerprint density at radius 2 is 1.76 bits per heavy atom. The number of rotatable bonds is 7. The summed E-state index contributed by atoms with van der Waals surface area (Å²) in [5.74, 6) is 0.213. The zero-order valence-electron chi connectivity index (χ0n) is 17.9. The number of carbonyl (C=O) groups excluding carboxylic acids is 2. The maximum Gasteiger partial charge on any atom is 0.237 e. The van der Waals surface area contributed by atoms with Crippen molar-refractivity contribution in [2.24, 2.45) is 0 Å². The molecular formula is C23H36N4O2. The summed E-state index contributed by atoms with van der Waals surface area (Å²) < 4.78 is 0. The Morgan fingerprint density at radius 1 is 1.03 bits per heavy atom. The van der Waals surface area contributed by atoms with Gasteiger partial charge in [0.05, 0.1) is 6.04 Å². The van der Waals surface area contributed by atoms with Crippen LogP contribution in [0, 0.1) is 0 Å². The van der Waals surface area contributed by atoms with E-state index in [4.69, 9.17) is 0 Å². The van der Waals surface area contributed by atoms with Crippen molar-refractivity contribution < 1.29 is 9.59 Å². The van der Waals surface area contributed by atoms with Crippen LogP contribution in [0.5, 0.6) is 0 Å². The number of piperidine rings is 2. The fourth-order valence-electron chi connectivity index (χ4n) is 4.37. The molecule has 0 saturated carbocycles. The molecule has 0 spiro atoms. The average molecular weight is 401 g/mol. The summed E-state index contributed by atoms with van der Waals surface area (Å²) in [5.41, 5.74) is 1.35. The van der Waals surface area contributed by atoms with Crippen LogP contribution in [0.25, 0.3) is 0 Å². The Labute approximate surface area is 175 Å². The molecule has 0 aromatic heterocycles. The lowest BCUT2D eigenvalue weighted by Crippen LogP contribution is -2.55. The van der Waals surface area contributed by atoms with Gasteiger partial charge in [0.25, 0.3) is 0 Å². The summed E-state index contributed by atoms with van der Waals surface area (Å²) in [6, 6.07) is 10.8. The van der Waals surface area contributed by atoms with Gasteiger partial charge in [-0.3, -0.25) is 19.4 Å². The van der Waals surface area contributed by atoms with Crippen LogP contribution < -0.4 is 10.6 Å². The predicted octanol–water partition coefficient (Wildman–Crippen LogP) is 2.15. The summed E-state index contributed by atoms with van der Waals surface area (Å²) in [7, 11) is 0. The second-order valence-corrected chi connectivity index (χ2v) is 8.48. The van der Waals surface area contributed by atoms with Crippen LogP contribution in [0.2, 0.25) is 0 Å². The van der Waals surface area contributed by atoms with Crippen molar-refractivity contribution in [3.8, 4) is 0 Å². The van der Waals surface area contributed by atoms with Gasteiger partial charge in [0.15, 0.2) is 0 Å². The summed E-state index contributed by atoms with van der Waals surface area (Å²) in [4.78, 5) is 29.2. The molecule has 0 radical (unpaired) electrons. The molecule has 6 heteroatoms. The molecule has 2 heterocycles. The van der Waals surface area contributed by atoms with Crippen LogP contribution in [0.4, 0.5) is 0 Å². The highest BCUT2D eigenvalue weighted by atomic mass is 16.2. The molecule has 2 saturated heterocycles. The number of amides is 2. The molecule has 29 heavy (non-hydrogen) atoms. The van der Waals surface area contributed by atoms with Crippen molar-refractivity contribution in [3.63, 3.8) is 0 Å². The van der Waals surface area contributed by atoms with Crippen LogP contribution in [0.15, 0.2) is 30.3 Å². The van der Waals surface area contributed by atoms with Crippen molar-refractivity contribution in [1.82, 2.24) is 20.4 Å². The average Bonchev–Trinajstić information content (AvgIpc) is 2.75. The zero-order chi connectivity index (χ0) is 20.6. The Hall–Kier alpha value is -1.92. The van der Waals surface area contributed by atoms with Crippen LogP contribution in [-0.4, -0.2) is 65.9 Å². The molecule has 3 rings (SSSR count). The van der Waals surface area contributed by atoms with Crippen LogP contribution in [0.3, 0.4) is 0 Å². The van der Waals surface area contributed by atoms with E-state index in [1.807, 2.05) is 13.8 Å². The number of nitrogens with zero attached hydrogens (tertiary/aromatic N) is 2. The Morgan fingerprint density at radius 3 is 2.45 bits per heavy atom. The van der Waals surface area contributed by atoms with Gasteiger partial charge >= 0.3 is 0 Å². The van der Waals surface area contributed by atoms with Crippen molar-refractivity contribution in [1.29, 1.82) is 0 Å². The summed E-state index contributed by atoms with van der Waals surface area (Å²) in [6.07, 6.45) is 4.52. The number of benzene rings is 1. The van der Waals surface area contributed by atoms with Crippen molar-refractivity contribution in [2.45, 2.75) is 70.6 Å². The summed E-state index contributed by atoms with van der Waals surface area (Å²) >= 11 is 0. The first-order valence-electron chi connectivity index (χ1n) is 11.1. The highest BCUT2D eigenvalue weighted by Crippen LogP contribution is 2.16. The van der Waals surface area contributed by atoms with Crippen molar-refractivity contribution >= 4 is 11.8 Å². The minimum atomic E-state index is -0.154. The van der Waals surface area contributed by atoms with Gasteiger partial charge in [-0.25, -0.2) is 0 Å². The van der Waals surface area contributed by atoms with Crippen LogP contribution >= 0.6 is 0 Å². The lowest BCUT2D eigenvalue weighted by atomic mass is 10.0. The van der Waals surface area contributed by atoms with E-state index in [0.29, 0.717) is 6.42 Å². The van der Waals surface area contributed by atoms with Gasteiger partial charge in [-0.15, -0.1) is 0 Å². The molecule has 2 fully saturated rings. The monoisotopic (exact) mass is 400 g/mol. The normalized spacial score (nSPS) is 22.8. The van der Waals surface area contributed by atoms with E-state index < -0.39 is 0 Å². The topological polar surface area (TPSA) is 64.7 Å². The smallest absolute Gasteiger partial charge is 0.237 e. The number of nitrogens with one attached hydrogen (secondary N) is 2. The molecule has 2 atom stereocenters.